The summed E-state index contributed by atoms with van der Waals surface area (Å²) >= 11 is 0. The maximum absolute atomic E-state index is 10.6. The van der Waals surface area contributed by atoms with Gasteiger partial charge in [-0.1, -0.05) is 5.16 Å². The quantitative estimate of drug-likeness (QED) is 0.348. The molecule has 0 fully saturated rings. The first kappa shape index (κ1) is 25.0. The molecule has 0 saturated heterocycles. The molecule has 188 valence electrons. The van der Waals surface area contributed by atoms with Crippen molar-refractivity contribution in [2.24, 2.45) is 0 Å². The number of carboxylic acid groups (broad SMARTS) is 1. The fourth-order valence-electron chi connectivity index (χ4n) is 3.05. The second-order valence-corrected chi connectivity index (χ2v) is 7.34. The molecule has 0 bridgehead atoms. The Morgan fingerprint density at radius 1 is 1.05 bits per heavy atom. The van der Waals surface area contributed by atoms with Crippen molar-refractivity contribution in [2.75, 3.05) is 5.32 Å². The molecule has 0 saturated carbocycles. The third kappa shape index (κ3) is 6.30. The molecule has 0 aliphatic rings. The lowest BCUT2D eigenvalue weighted by atomic mass is 10.1. The van der Waals surface area contributed by atoms with Gasteiger partial charge in [0.2, 0.25) is 0 Å². The van der Waals surface area contributed by atoms with Gasteiger partial charge in [-0.2, -0.15) is 18.3 Å². The van der Waals surface area contributed by atoms with Gasteiger partial charge in [0.15, 0.2) is 0 Å². The standard InChI is InChI=1S/C21H16N8O.C2HF3O2/c1-14-25-13-29(27-14)18-4-2-17(3-5-18)26-20-8-15(6-7-24-20)21-19(11-30-28-21)16-9-22-12-23-10-16;3-2(4,5)1(6)7/h2-13H,1H3,(H,24,26);(H,6,7). The number of halogens is 3. The molecular formula is C23H17F3N8O3. The van der Waals surface area contributed by atoms with Crippen LogP contribution in [0.4, 0.5) is 24.7 Å². The number of carbonyl (C=O) groups is 1. The van der Waals surface area contributed by atoms with E-state index in [2.05, 4.69) is 35.5 Å². The molecular weight excluding hydrogens is 493 g/mol. The molecule has 0 spiro atoms. The van der Waals surface area contributed by atoms with Crippen molar-refractivity contribution in [3.05, 3.63) is 79.7 Å². The minimum Gasteiger partial charge on any atom is -0.475 e. The van der Waals surface area contributed by atoms with Crippen LogP contribution in [0.25, 0.3) is 28.1 Å². The fraction of sp³-hybridized carbons (Fsp3) is 0.0870. The Hall–Kier alpha value is -5.14. The monoisotopic (exact) mass is 510 g/mol. The zero-order chi connectivity index (χ0) is 26.4. The molecule has 0 radical (unpaired) electrons. The number of aromatic nitrogens is 7. The minimum atomic E-state index is -5.08. The lowest BCUT2D eigenvalue weighted by Crippen LogP contribution is -2.21. The first-order valence-corrected chi connectivity index (χ1v) is 10.4. The van der Waals surface area contributed by atoms with Gasteiger partial charge in [-0.05, 0) is 43.3 Å². The Morgan fingerprint density at radius 2 is 1.76 bits per heavy atom. The second-order valence-electron chi connectivity index (χ2n) is 7.34. The first-order chi connectivity index (χ1) is 17.7. The van der Waals surface area contributed by atoms with Crippen LogP contribution in [0, 0.1) is 6.92 Å². The van der Waals surface area contributed by atoms with Crippen molar-refractivity contribution in [1.29, 1.82) is 0 Å². The van der Waals surface area contributed by atoms with Crippen LogP contribution in [0.15, 0.2) is 78.4 Å². The van der Waals surface area contributed by atoms with E-state index >= 15 is 0 Å². The third-order valence-corrected chi connectivity index (χ3v) is 4.73. The molecule has 0 amide bonds. The summed E-state index contributed by atoms with van der Waals surface area (Å²) in [6, 6.07) is 11.6. The molecule has 37 heavy (non-hydrogen) atoms. The molecule has 1 aromatic carbocycles. The summed E-state index contributed by atoms with van der Waals surface area (Å²) in [5.74, 6) is -1.34. The van der Waals surface area contributed by atoms with E-state index in [0.29, 0.717) is 11.5 Å². The topological polar surface area (TPSA) is 145 Å². The lowest BCUT2D eigenvalue weighted by molar-refractivity contribution is -0.192. The van der Waals surface area contributed by atoms with Gasteiger partial charge in [0.25, 0.3) is 0 Å². The van der Waals surface area contributed by atoms with Crippen molar-refractivity contribution < 1.29 is 27.6 Å². The number of anilines is 2. The summed E-state index contributed by atoms with van der Waals surface area (Å²) in [4.78, 5) is 25.6. The molecule has 5 rings (SSSR count). The first-order valence-electron chi connectivity index (χ1n) is 10.4. The Bertz CT molecular complexity index is 1490. The number of carboxylic acids is 1. The predicted octanol–water partition coefficient (Wildman–Crippen LogP) is 4.46. The largest absolute Gasteiger partial charge is 0.490 e. The number of aryl methyl sites for hydroxylation is 1. The molecule has 4 heterocycles. The number of alkyl halides is 3. The van der Waals surface area contributed by atoms with E-state index in [4.69, 9.17) is 14.4 Å². The van der Waals surface area contributed by atoms with Gasteiger partial charge in [-0.3, -0.25) is 0 Å². The fourth-order valence-corrected chi connectivity index (χ4v) is 3.05. The molecule has 5 aromatic rings. The van der Waals surface area contributed by atoms with Crippen molar-refractivity contribution in [2.45, 2.75) is 13.1 Å². The maximum Gasteiger partial charge on any atom is 0.490 e. The van der Waals surface area contributed by atoms with Gasteiger partial charge in [0.1, 0.15) is 36.3 Å². The van der Waals surface area contributed by atoms with Gasteiger partial charge >= 0.3 is 12.1 Å². The van der Waals surface area contributed by atoms with E-state index in [0.717, 1.165) is 33.9 Å². The van der Waals surface area contributed by atoms with Crippen molar-refractivity contribution >= 4 is 17.5 Å². The Labute approximate surface area is 206 Å². The van der Waals surface area contributed by atoms with Crippen LogP contribution in [-0.2, 0) is 4.79 Å². The van der Waals surface area contributed by atoms with E-state index in [1.807, 2.05) is 43.3 Å². The predicted molar refractivity (Wildman–Crippen MR) is 124 cm³/mol. The third-order valence-electron chi connectivity index (χ3n) is 4.73. The number of rotatable bonds is 5. The van der Waals surface area contributed by atoms with Crippen LogP contribution in [0.2, 0.25) is 0 Å². The van der Waals surface area contributed by atoms with Gasteiger partial charge < -0.3 is 14.9 Å². The number of pyridine rings is 1. The highest BCUT2D eigenvalue weighted by Gasteiger charge is 2.38. The molecule has 0 atom stereocenters. The number of aliphatic carboxylic acids is 1. The summed E-state index contributed by atoms with van der Waals surface area (Å²) in [6.07, 6.45) is 4.86. The highest BCUT2D eigenvalue weighted by molar-refractivity contribution is 5.80. The zero-order valence-electron chi connectivity index (χ0n) is 19.0. The molecule has 2 N–H and O–H groups in total. The average molecular weight is 510 g/mol. The van der Waals surface area contributed by atoms with E-state index < -0.39 is 12.1 Å². The summed E-state index contributed by atoms with van der Waals surface area (Å²) < 4.78 is 38.7. The van der Waals surface area contributed by atoms with Crippen molar-refractivity contribution in [3.8, 4) is 28.1 Å². The average Bonchev–Trinajstić information content (AvgIpc) is 3.55. The van der Waals surface area contributed by atoms with Gasteiger partial charge in [-0.25, -0.2) is 29.4 Å². The smallest absolute Gasteiger partial charge is 0.475 e. The van der Waals surface area contributed by atoms with Crippen molar-refractivity contribution in [1.82, 2.24) is 34.9 Å². The van der Waals surface area contributed by atoms with E-state index in [1.54, 1.807) is 35.9 Å². The van der Waals surface area contributed by atoms with Crippen LogP contribution in [0.1, 0.15) is 5.82 Å². The minimum absolute atomic E-state index is 0.690. The summed E-state index contributed by atoms with van der Waals surface area (Å²) in [7, 11) is 0. The molecule has 0 aliphatic heterocycles. The molecule has 14 heteroatoms. The summed E-state index contributed by atoms with van der Waals surface area (Å²) in [6.45, 7) is 1.86. The number of hydrogen-bond donors (Lipinski definition) is 2. The van der Waals surface area contributed by atoms with Gasteiger partial charge in [0.05, 0.1) is 11.3 Å². The zero-order valence-corrected chi connectivity index (χ0v) is 19.0. The van der Waals surface area contributed by atoms with Crippen LogP contribution in [-0.4, -0.2) is 52.1 Å². The van der Waals surface area contributed by atoms with Gasteiger partial charge in [-0.15, -0.1) is 0 Å². The Kier molecular flexibility index (Phi) is 7.18. The van der Waals surface area contributed by atoms with E-state index in [1.165, 1.54) is 6.33 Å². The van der Waals surface area contributed by atoms with Crippen LogP contribution < -0.4 is 5.32 Å². The Morgan fingerprint density at radius 3 is 2.38 bits per heavy atom. The maximum atomic E-state index is 10.6. The van der Waals surface area contributed by atoms with Gasteiger partial charge in [0, 0.05) is 35.4 Å². The van der Waals surface area contributed by atoms with Crippen molar-refractivity contribution in [3.63, 3.8) is 0 Å². The molecule has 4 aromatic heterocycles. The normalized spacial score (nSPS) is 10.9. The second kappa shape index (κ2) is 10.6. The molecule has 0 unspecified atom stereocenters. The number of benzene rings is 1. The number of nitrogens with zero attached hydrogens (tertiary/aromatic N) is 7. The van der Waals surface area contributed by atoms with E-state index in [-0.39, 0.29) is 0 Å². The summed E-state index contributed by atoms with van der Waals surface area (Å²) in [5, 5.41) is 18.9. The lowest BCUT2D eigenvalue weighted by Gasteiger charge is -2.08. The Balaban J connectivity index is 0.000000405. The number of nitrogens with one attached hydrogen (secondary N) is 1. The highest BCUT2D eigenvalue weighted by Crippen LogP contribution is 2.31. The highest BCUT2D eigenvalue weighted by atomic mass is 19.4. The molecule has 11 nitrogen and oxygen atoms in total. The SMILES string of the molecule is Cc1ncn(-c2ccc(Nc3cc(-c4nocc4-c4cncnc4)ccn3)cc2)n1.O=C(O)C(F)(F)F. The molecule has 0 aliphatic carbocycles. The van der Waals surface area contributed by atoms with Crippen LogP contribution >= 0.6 is 0 Å². The summed E-state index contributed by atoms with van der Waals surface area (Å²) in [5.41, 5.74) is 5.05. The van der Waals surface area contributed by atoms with E-state index in [9.17, 15) is 13.2 Å². The van der Waals surface area contributed by atoms with Crippen LogP contribution in [0.5, 0.6) is 0 Å². The number of hydrogen-bond acceptors (Lipinski definition) is 9. The van der Waals surface area contributed by atoms with Crippen LogP contribution in [0.3, 0.4) is 0 Å².